The van der Waals surface area contributed by atoms with Gasteiger partial charge in [0.05, 0.1) is 11.6 Å². The maximum atomic E-state index is 10.6. The average Bonchev–Trinajstić information content (AvgIpc) is 2.14. The highest BCUT2D eigenvalue weighted by molar-refractivity contribution is 8.00. The zero-order chi connectivity index (χ0) is 5.98. The molecule has 1 fully saturated rings. The largest absolute Gasteiger partial charge is 0.309 e. The maximum Gasteiger partial charge on any atom is 0.237 e. The van der Waals surface area contributed by atoms with Crippen molar-refractivity contribution in [3.63, 3.8) is 0 Å². The molecule has 0 atom stereocenters. The van der Waals surface area contributed by atoms with Crippen LogP contribution in [0, 0.1) is 0 Å². The minimum atomic E-state index is 0.171. The summed E-state index contributed by atoms with van der Waals surface area (Å²) in [5.74, 6) is 1.57. The Morgan fingerprint density at radius 3 is 2.88 bits per heavy atom. The zero-order valence-corrected chi connectivity index (χ0v) is 5.28. The Kier molecular flexibility index (Phi) is 1.58. The van der Waals surface area contributed by atoms with Crippen LogP contribution < -0.4 is 0 Å². The van der Waals surface area contributed by atoms with Crippen LogP contribution in [0.3, 0.4) is 0 Å². The lowest BCUT2D eigenvalue weighted by molar-refractivity contribution is -0.124. The van der Waals surface area contributed by atoms with E-state index in [4.69, 9.17) is 0 Å². The lowest BCUT2D eigenvalue weighted by Gasteiger charge is -2.04. The molecule has 8 heavy (non-hydrogen) atoms. The standard InChI is InChI=1S/C5H7NOS/c1-2-6-4-8-3-5(6)7/h2H,1,3-4H2. The van der Waals surface area contributed by atoms with E-state index in [9.17, 15) is 4.79 Å². The third kappa shape index (κ3) is 0.865. The fraction of sp³-hybridized carbons (Fsp3) is 0.400. The van der Waals surface area contributed by atoms with Gasteiger partial charge >= 0.3 is 0 Å². The molecule has 0 aromatic heterocycles. The van der Waals surface area contributed by atoms with E-state index < -0.39 is 0 Å². The first-order chi connectivity index (χ1) is 3.84. The molecule has 1 heterocycles. The normalized spacial score (nSPS) is 19.5. The van der Waals surface area contributed by atoms with Crippen LogP contribution in [0.25, 0.3) is 0 Å². The molecule has 1 amide bonds. The van der Waals surface area contributed by atoms with E-state index >= 15 is 0 Å². The van der Waals surface area contributed by atoms with Crippen LogP contribution in [0.2, 0.25) is 0 Å². The van der Waals surface area contributed by atoms with Crippen LogP contribution in [0.4, 0.5) is 0 Å². The molecule has 0 saturated carbocycles. The summed E-state index contributed by atoms with van der Waals surface area (Å²) in [6, 6.07) is 0. The van der Waals surface area contributed by atoms with Gasteiger partial charge in [0.15, 0.2) is 0 Å². The van der Waals surface area contributed by atoms with Gasteiger partial charge < -0.3 is 4.90 Å². The van der Waals surface area contributed by atoms with Crippen molar-refractivity contribution < 1.29 is 4.79 Å². The third-order valence-electron chi connectivity index (χ3n) is 0.997. The van der Waals surface area contributed by atoms with Gasteiger partial charge in [-0.15, -0.1) is 11.8 Å². The molecule has 44 valence electrons. The molecule has 2 nitrogen and oxygen atoms in total. The van der Waals surface area contributed by atoms with E-state index in [0.29, 0.717) is 5.75 Å². The van der Waals surface area contributed by atoms with Crippen molar-refractivity contribution in [2.75, 3.05) is 11.6 Å². The van der Waals surface area contributed by atoms with Crippen molar-refractivity contribution in [3.05, 3.63) is 12.8 Å². The quantitative estimate of drug-likeness (QED) is 0.518. The van der Waals surface area contributed by atoms with E-state index in [-0.39, 0.29) is 5.91 Å². The number of carbonyl (C=O) groups excluding carboxylic acids is 1. The second kappa shape index (κ2) is 2.22. The van der Waals surface area contributed by atoms with Gasteiger partial charge in [-0.3, -0.25) is 4.79 Å². The summed E-state index contributed by atoms with van der Waals surface area (Å²) in [6.45, 7) is 3.48. The SMILES string of the molecule is C=CN1CSCC1=O. The maximum absolute atomic E-state index is 10.6. The molecule has 1 rings (SSSR count). The Morgan fingerprint density at radius 2 is 2.62 bits per heavy atom. The first-order valence-corrected chi connectivity index (χ1v) is 3.50. The molecule has 0 aliphatic carbocycles. The summed E-state index contributed by atoms with van der Waals surface area (Å²) in [5, 5.41) is 0. The molecule has 0 radical (unpaired) electrons. The lowest BCUT2D eigenvalue weighted by atomic mass is 10.6. The summed E-state index contributed by atoms with van der Waals surface area (Å²) >= 11 is 1.62. The van der Waals surface area contributed by atoms with Crippen molar-refractivity contribution in [1.29, 1.82) is 0 Å². The zero-order valence-electron chi connectivity index (χ0n) is 4.46. The lowest BCUT2D eigenvalue weighted by Crippen LogP contribution is -2.17. The highest BCUT2D eigenvalue weighted by Gasteiger charge is 2.16. The summed E-state index contributed by atoms with van der Waals surface area (Å²) in [4.78, 5) is 12.3. The molecule has 0 bridgehead atoms. The summed E-state index contributed by atoms with van der Waals surface area (Å²) in [6.07, 6.45) is 1.57. The fourth-order valence-electron chi connectivity index (χ4n) is 0.541. The number of rotatable bonds is 1. The van der Waals surface area contributed by atoms with Gasteiger partial charge in [0, 0.05) is 6.20 Å². The van der Waals surface area contributed by atoms with E-state index in [1.54, 1.807) is 22.9 Å². The Hall–Kier alpha value is -0.440. The average molecular weight is 129 g/mol. The predicted molar refractivity (Wildman–Crippen MR) is 34.4 cm³/mol. The number of hydrogen-bond donors (Lipinski definition) is 0. The Balaban J connectivity index is 2.54. The van der Waals surface area contributed by atoms with Crippen molar-refractivity contribution in [1.82, 2.24) is 4.90 Å². The fourth-order valence-corrected chi connectivity index (χ4v) is 1.42. The van der Waals surface area contributed by atoms with Gasteiger partial charge in [-0.25, -0.2) is 0 Å². The summed E-state index contributed by atoms with van der Waals surface area (Å²) in [7, 11) is 0. The third-order valence-corrected chi connectivity index (χ3v) is 1.91. The van der Waals surface area contributed by atoms with Crippen LogP contribution in [0.15, 0.2) is 12.8 Å². The van der Waals surface area contributed by atoms with E-state index in [0.717, 1.165) is 5.88 Å². The van der Waals surface area contributed by atoms with E-state index in [2.05, 4.69) is 6.58 Å². The Labute approximate surface area is 52.5 Å². The number of thioether (sulfide) groups is 1. The summed E-state index contributed by atoms with van der Waals surface area (Å²) < 4.78 is 0. The van der Waals surface area contributed by atoms with E-state index in [1.807, 2.05) is 0 Å². The number of hydrogen-bond acceptors (Lipinski definition) is 2. The van der Waals surface area contributed by atoms with Crippen LogP contribution in [0.1, 0.15) is 0 Å². The highest BCUT2D eigenvalue weighted by atomic mass is 32.2. The first kappa shape index (κ1) is 5.69. The minimum absolute atomic E-state index is 0.171. The van der Waals surface area contributed by atoms with Crippen molar-refractivity contribution in [2.24, 2.45) is 0 Å². The first-order valence-electron chi connectivity index (χ1n) is 2.34. The molecule has 0 aromatic carbocycles. The molecule has 1 aliphatic heterocycles. The monoisotopic (exact) mass is 129 g/mol. The summed E-state index contributed by atoms with van der Waals surface area (Å²) in [5.41, 5.74) is 0. The van der Waals surface area contributed by atoms with Gasteiger partial charge in [-0.05, 0) is 0 Å². The van der Waals surface area contributed by atoms with E-state index in [1.165, 1.54) is 0 Å². The van der Waals surface area contributed by atoms with Gasteiger partial charge in [-0.1, -0.05) is 6.58 Å². The topological polar surface area (TPSA) is 20.3 Å². The van der Waals surface area contributed by atoms with Crippen LogP contribution in [0.5, 0.6) is 0 Å². The Bertz CT molecular complexity index is 124. The molecule has 3 heteroatoms. The highest BCUT2D eigenvalue weighted by Crippen LogP contribution is 2.13. The van der Waals surface area contributed by atoms with Gasteiger partial charge in [-0.2, -0.15) is 0 Å². The molecule has 0 spiro atoms. The number of nitrogens with zero attached hydrogens (tertiary/aromatic N) is 1. The molecule has 1 saturated heterocycles. The molecular weight excluding hydrogens is 122 g/mol. The molecule has 0 N–H and O–H groups in total. The van der Waals surface area contributed by atoms with Crippen LogP contribution in [-0.4, -0.2) is 22.4 Å². The van der Waals surface area contributed by atoms with Crippen LogP contribution >= 0.6 is 11.8 Å². The second-order valence-corrected chi connectivity index (χ2v) is 2.48. The van der Waals surface area contributed by atoms with Gasteiger partial charge in [0.1, 0.15) is 0 Å². The minimum Gasteiger partial charge on any atom is -0.309 e. The number of amides is 1. The molecule has 1 aliphatic rings. The molecule has 0 aromatic rings. The molecule has 0 unspecified atom stereocenters. The second-order valence-electron chi connectivity index (χ2n) is 1.52. The number of carbonyl (C=O) groups is 1. The van der Waals surface area contributed by atoms with Crippen molar-refractivity contribution >= 4 is 17.7 Å². The van der Waals surface area contributed by atoms with Crippen molar-refractivity contribution in [3.8, 4) is 0 Å². The van der Waals surface area contributed by atoms with Crippen molar-refractivity contribution in [2.45, 2.75) is 0 Å². The smallest absolute Gasteiger partial charge is 0.237 e. The van der Waals surface area contributed by atoms with Crippen LogP contribution in [-0.2, 0) is 4.79 Å². The Morgan fingerprint density at radius 1 is 1.88 bits per heavy atom. The molecular formula is C5H7NOS. The van der Waals surface area contributed by atoms with Gasteiger partial charge in [0.25, 0.3) is 0 Å². The van der Waals surface area contributed by atoms with Gasteiger partial charge in [0.2, 0.25) is 5.91 Å². The predicted octanol–water partition coefficient (Wildman–Crippen LogP) is 0.663.